The first-order valence-electron chi connectivity index (χ1n) is 10.2. The van der Waals surface area contributed by atoms with Crippen LogP contribution in [0.1, 0.15) is 29.6 Å². The molecule has 0 radical (unpaired) electrons. The van der Waals surface area contributed by atoms with Crippen molar-refractivity contribution in [3.05, 3.63) is 47.2 Å². The van der Waals surface area contributed by atoms with Crippen molar-refractivity contribution < 1.29 is 28.6 Å². The Balaban J connectivity index is 1.44. The molecule has 0 saturated carbocycles. The fraction of sp³-hybridized carbons (Fsp3) is 0.476. The van der Waals surface area contributed by atoms with Gasteiger partial charge in [-0.1, -0.05) is 0 Å². The second-order valence-electron chi connectivity index (χ2n) is 7.69. The topological polar surface area (TPSA) is 101 Å². The molecule has 2 aliphatic rings. The molecule has 4 atom stereocenters. The number of rotatable bonds is 4. The summed E-state index contributed by atoms with van der Waals surface area (Å²) < 4.78 is 25.0. The molecule has 0 spiro atoms. The highest BCUT2D eigenvalue weighted by Crippen LogP contribution is 2.29. The Morgan fingerprint density at radius 1 is 1.26 bits per heavy atom. The van der Waals surface area contributed by atoms with Crippen molar-refractivity contribution in [3.8, 4) is 0 Å². The fourth-order valence-corrected chi connectivity index (χ4v) is 4.54. The van der Waals surface area contributed by atoms with Gasteiger partial charge in [-0.25, -0.2) is 9.37 Å². The van der Waals surface area contributed by atoms with Crippen LogP contribution in [0.5, 0.6) is 0 Å². The van der Waals surface area contributed by atoms with Crippen molar-refractivity contribution in [1.82, 2.24) is 9.88 Å². The van der Waals surface area contributed by atoms with Crippen molar-refractivity contribution in [3.63, 3.8) is 0 Å². The Bertz CT molecular complexity index is 895. The van der Waals surface area contributed by atoms with E-state index in [4.69, 9.17) is 9.47 Å². The quantitative estimate of drug-likeness (QED) is 0.741. The van der Waals surface area contributed by atoms with Gasteiger partial charge in [0.25, 0.3) is 5.91 Å². The SMILES string of the molecule is O=C(C[C@@H]1CC[C@@H]2[C@H](COC[C@H](O)CN2C(=O)c2ccc(F)cc2)O1)Nc1nccs1. The van der Waals surface area contributed by atoms with E-state index in [1.54, 1.807) is 16.5 Å². The first kappa shape index (κ1) is 21.8. The Hall–Kier alpha value is -2.40. The van der Waals surface area contributed by atoms with Crippen LogP contribution in [0.25, 0.3) is 0 Å². The summed E-state index contributed by atoms with van der Waals surface area (Å²) in [6, 6.07) is 5.03. The summed E-state index contributed by atoms with van der Waals surface area (Å²) in [5.74, 6) is -0.894. The number of aromatic nitrogens is 1. The molecule has 8 nitrogen and oxygen atoms in total. The molecule has 10 heteroatoms. The number of benzene rings is 1. The lowest BCUT2D eigenvalue weighted by Crippen LogP contribution is -2.57. The molecule has 0 aliphatic carbocycles. The van der Waals surface area contributed by atoms with Crippen LogP contribution >= 0.6 is 11.3 Å². The minimum atomic E-state index is -0.827. The molecule has 1 aromatic carbocycles. The Morgan fingerprint density at radius 2 is 2.06 bits per heavy atom. The van der Waals surface area contributed by atoms with Gasteiger partial charge in [-0.2, -0.15) is 0 Å². The van der Waals surface area contributed by atoms with E-state index >= 15 is 0 Å². The van der Waals surface area contributed by atoms with Gasteiger partial charge in [0.15, 0.2) is 5.13 Å². The summed E-state index contributed by atoms with van der Waals surface area (Å²) in [6.07, 6.45) is 1.41. The van der Waals surface area contributed by atoms with Gasteiger partial charge < -0.3 is 24.8 Å². The lowest BCUT2D eigenvalue weighted by atomic mass is 9.94. The van der Waals surface area contributed by atoms with E-state index in [1.165, 1.54) is 35.6 Å². The minimum Gasteiger partial charge on any atom is -0.389 e. The third kappa shape index (κ3) is 5.45. The normalized spacial score (nSPS) is 26.5. The predicted molar refractivity (Wildman–Crippen MR) is 111 cm³/mol. The number of nitrogens with zero attached hydrogens (tertiary/aromatic N) is 2. The average Bonchev–Trinajstić information content (AvgIpc) is 3.24. The fourth-order valence-electron chi connectivity index (χ4n) is 3.99. The van der Waals surface area contributed by atoms with Crippen LogP contribution in [0.4, 0.5) is 9.52 Å². The van der Waals surface area contributed by atoms with Crippen LogP contribution in [-0.2, 0) is 14.3 Å². The van der Waals surface area contributed by atoms with E-state index in [2.05, 4.69) is 10.3 Å². The van der Waals surface area contributed by atoms with E-state index in [-0.39, 0.29) is 50.1 Å². The highest BCUT2D eigenvalue weighted by Gasteiger charge is 2.40. The first-order chi connectivity index (χ1) is 15.0. The average molecular weight is 450 g/mol. The number of hydrogen-bond donors (Lipinski definition) is 2. The first-order valence-corrected chi connectivity index (χ1v) is 11.0. The number of aliphatic hydroxyl groups excluding tert-OH is 1. The zero-order valence-electron chi connectivity index (χ0n) is 16.8. The Kier molecular flexibility index (Phi) is 6.91. The number of nitrogens with one attached hydrogen (secondary N) is 1. The van der Waals surface area contributed by atoms with E-state index in [0.29, 0.717) is 23.5 Å². The lowest BCUT2D eigenvalue weighted by molar-refractivity contribution is -0.149. The molecule has 2 fully saturated rings. The number of carbonyl (C=O) groups is 2. The summed E-state index contributed by atoms with van der Waals surface area (Å²) in [5.41, 5.74) is 0.346. The highest BCUT2D eigenvalue weighted by atomic mass is 32.1. The highest BCUT2D eigenvalue weighted by molar-refractivity contribution is 7.13. The molecule has 166 valence electrons. The third-order valence-electron chi connectivity index (χ3n) is 5.42. The number of β-amino-alcohol motifs (C(OH)–C–C–N with tert-alkyl or cyclic N) is 1. The zero-order valence-corrected chi connectivity index (χ0v) is 17.6. The molecular weight excluding hydrogens is 425 g/mol. The molecule has 4 rings (SSSR count). The van der Waals surface area contributed by atoms with Gasteiger partial charge in [0.1, 0.15) is 11.9 Å². The van der Waals surface area contributed by atoms with E-state index < -0.39 is 18.0 Å². The number of halogens is 1. The van der Waals surface area contributed by atoms with Crippen molar-refractivity contribution in [2.24, 2.45) is 0 Å². The summed E-state index contributed by atoms with van der Waals surface area (Å²) in [6.45, 7) is 0.379. The van der Waals surface area contributed by atoms with Crippen LogP contribution in [-0.4, -0.2) is 70.9 Å². The van der Waals surface area contributed by atoms with Crippen LogP contribution < -0.4 is 5.32 Å². The number of hydrogen-bond acceptors (Lipinski definition) is 7. The molecule has 2 amide bonds. The van der Waals surface area contributed by atoms with E-state index in [0.717, 1.165) is 0 Å². The zero-order chi connectivity index (χ0) is 21.8. The summed E-state index contributed by atoms with van der Waals surface area (Å²) >= 11 is 1.34. The van der Waals surface area contributed by atoms with Crippen molar-refractivity contribution >= 4 is 28.3 Å². The molecule has 31 heavy (non-hydrogen) atoms. The maximum absolute atomic E-state index is 13.3. The van der Waals surface area contributed by atoms with Crippen LogP contribution in [0.3, 0.4) is 0 Å². The van der Waals surface area contributed by atoms with E-state index in [9.17, 15) is 19.1 Å². The summed E-state index contributed by atoms with van der Waals surface area (Å²) in [7, 11) is 0. The van der Waals surface area contributed by atoms with Crippen LogP contribution in [0.15, 0.2) is 35.8 Å². The van der Waals surface area contributed by atoms with Gasteiger partial charge in [0.2, 0.25) is 5.91 Å². The largest absolute Gasteiger partial charge is 0.389 e. The number of ether oxygens (including phenoxy) is 2. The lowest BCUT2D eigenvalue weighted by Gasteiger charge is -2.44. The van der Waals surface area contributed by atoms with Gasteiger partial charge in [0.05, 0.1) is 37.9 Å². The second kappa shape index (κ2) is 9.82. The van der Waals surface area contributed by atoms with Crippen molar-refractivity contribution in [1.29, 1.82) is 0 Å². The predicted octanol–water partition coefficient (Wildman–Crippen LogP) is 2.06. The van der Waals surface area contributed by atoms with Gasteiger partial charge >= 0.3 is 0 Å². The number of anilines is 1. The smallest absolute Gasteiger partial charge is 0.254 e. The molecule has 3 heterocycles. The summed E-state index contributed by atoms with van der Waals surface area (Å²) in [5, 5.41) is 15.3. The molecule has 0 unspecified atom stereocenters. The molecule has 2 aromatic rings. The number of amides is 2. The maximum atomic E-state index is 13.3. The molecule has 1 aromatic heterocycles. The molecule has 2 saturated heterocycles. The third-order valence-corrected chi connectivity index (χ3v) is 6.11. The Morgan fingerprint density at radius 3 is 2.81 bits per heavy atom. The van der Waals surface area contributed by atoms with Crippen LogP contribution in [0.2, 0.25) is 0 Å². The molecule has 2 N–H and O–H groups in total. The van der Waals surface area contributed by atoms with E-state index in [1.807, 2.05) is 0 Å². The van der Waals surface area contributed by atoms with Gasteiger partial charge in [-0.05, 0) is 37.1 Å². The van der Waals surface area contributed by atoms with Crippen molar-refractivity contribution in [2.75, 3.05) is 25.1 Å². The van der Waals surface area contributed by atoms with Gasteiger partial charge in [0, 0.05) is 23.7 Å². The minimum absolute atomic E-state index is 0.0784. The summed E-state index contributed by atoms with van der Waals surface area (Å²) in [4.78, 5) is 31.1. The molecule has 0 bridgehead atoms. The number of aliphatic hydroxyl groups is 1. The number of fused-ring (bicyclic) bond motifs is 1. The second-order valence-corrected chi connectivity index (χ2v) is 8.58. The van der Waals surface area contributed by atoms with Crippen molar-refractivity contribution in [2.45, 2.75) is 43.6 Å². The number of carbonyl (C=O) groups excluding carboxylic acids is 2. The Labute approximate surface area is 183 Å². The standard InChI is InChI=1S/C21H24FN3O5S/c22-14-3-1-13(2-4-14)20(28)25-10-15(26)11-29-12-18-17(25)6-5-16(30-18)9-19(27)24-21-23-7-8-31-21/h1-4,7-8,15-18,26H,5-6,9-12H2,(H,23,24,27)/t15-,16+,17-,18+/m1/s1. The maximum Gasteiger partial charge on any atom is 0.254 e. The number of thiazole rings is 1. The molecule has 2 aliphatic heterocycles. The van der Waals surface area contributed by atoms with Gasteiger partial charge in [-0.3, -0.25) is 9.59 Å². The van der Waals surface area contributed by atoms with Gasteiger partial charge in [-0.15, -0.1) is 11.3 Å². The van der Waals surface area contributed by atoms with Crippen LogP contribution in [0, 0.1) is 5.82 Å². The monoisotopic (exact) mass is 449 g/mol. The molecular formula is C21H24FN3O5S.